The molecule has 0 saturated heterocycles. The fourth-order valence-corrected chi connectivity index (χ4v) is 3.65. The zero-order valence-electron chi connectivity index (χ0n) is 16.9. The summed E-state index contributed by atoms with van der Waals surface area (Å²) in [6, 6.07) is 3.77. The molecule has 1 aliphatic carbocycles. The van der Waals surface area contributed by atoms with Crippen molar-refractivity contribution < 1.29 is 9.53 Å². The molecule has 1 aromatic carbocycles. The van der Waals surface area contributed by atoms with Crippen LogP contribution in [0.1, 0.15) is 18.7 Å². The number of halogens is 1. The molecule has 1 unspecified atom stereocenters. The summed E-state index contributed by atoms with van der Waals surface area (Å²) in [5, 5.41) is 18.7. The highest BCUT2D eigenvalue weighted by Gasteiger charge is 2.24. The van der Waals surface area contributed by atoms with Crippen LogP contribution in [-0.4, -0.2) is 51.1 Å². The van der Waals surface area contributed by atoms with Crippen LogP contribution in [0.3, 0.4) is 0 Å². The van der Waals surface area contributed by atoms with Gasteiger partial charge < -0.3 is 15.4 Å². The monoisotopic (exact) mass is 427 g/mol. The van der Waals surface area contributed by atoms with Gasteiger partial charge in [0.1, 0.15) is 0 Å². The molecule has 0 bridgehead atoms. The Hall–Kier alpha value is -3.17. The lowest BCUT2D eigenvalue weighted by Gasteiger charge is -2.22. The van der Waals surface area contributed by atoms with Crippen molar-refractivity contribution in [3.8, 4) is 0 Å². The van der Waals surface area contributed by atoms with Crippen LogP contribution in [-0.2, 0) is 16.6 Å². The van der Waals surface area contributed by atoms with Gasteiger partial charge in [0.25, 0.3) is 0 Å². The largest absolute Gasteiger partial charge is 0.377 e. The molecule has 0 spiro atoms. The number of carbonyl (C=O) groups excluding carboxylic acids is 1. The average molecular weight is 428 g/mol. The number of methoxy groups -OCH3 is 1. The van der Waals surface area contributed by atoms with Crippen LogP contribution >= 0.6 is 11.6 Å². The zero-order chi connectivity index (χ0) is 21.3. The van der Waals surface area contributed by atoms with E-state index in [-0.39, 0.29) is 12.0 Å². The van der Waals surface area contributed by atoms with E-state index in [1.807, 2.05) is 31.3 Å². The Morgan fingerprint density at radius 2 is 2.23 bits per heavy atom. The SMILES string of the molecule is CNC(=O)CC1=CC=C(c2nc(Nc3ccc4[nH]ncc4c3Cl)n(C)n2)CC1OC. The predicted molar refractivity (Wildman–Crippen MR) is 116 cm³/mol. The van der Waals surface area contributed by atoms with Crippen LogP contribution in [0.15, 0.2) is 36.1 Å². The summed E-state index contributed by atoms with van der Waals surface area (Å²) in [5.41, 5.74) is 3.44. The smallest absolute Gasteiger partial charge is 0.225 e. The molecule has 2 aromatic heterocycles. The number of nitrogens with zero attached hydrogens (tertiary/aromatic N) is 4. The minimum Gasteiger partial charge on any atom is -0.377 e. The standard InChI is InChI=1S/C20H22ClN7O2/c1-22-17(29)9-11-4-5-12(8-16(11)30-3)19-25-20(28(2)27-19)24-15-7-6-14-13(18(15)21)10-23-26-14/h4-7,10,16H,8-9H2,1-3H3,(H,22,29)(H,23,26)(H,24,25,27). The quantitative estimate of drug-likeness (QED) is 0.558. The topological polar surface area (TPSA) is 110 Å². The molecular weight excluding hydrogens is 406 g/mol. The molecule has 1 atom stereocenters. The average Bonchev–Trinajstić information content (AvgIpc) is 3.37. The van der Waals surface area contributed by atoms with E-state index in [9.17, 15) is 4.79 Å². The Labute approximate surface area is 178 Å². The van der Waals surface area contributed by atoms with Crippen molar-refractivity contribution in [2.75, 3.05) is 19.5 Å². The van der Waals surface area contributed by atoms with Crippen LogP contribution in [0, 0.1) is 0 Å². The number of ether oxygens (including phenoxy) is 1. The minimum absolute atomic E-state index is 0.0472. The summed E-state index contributed by atoms with van der Waals surface area (Å²) in [4.78, 5) is 16.4. The van der Waals surface area contributed by atoms with Crippen molar-refractivity contribution in [3.63, 3.8) is 0 Å². The number of aryl methyl sites for hydroxylation is 1. The van der Waals surface area contributed by atoms with Crippen molar-refractivity contribution in [1.29, 1.82) is 0 Å². The maximum atomic E-state index is 11.7. The number of aromatic amines is 1. The molecule has 30 heavy (non-hydrogen) atoms. The van der Waals surface area contributed by atoms with Gasteiger partial charge in [-0.05, 0) is 17.7 Å². The molecule has 156 valence electrons. The first-order valence-electron chi connectivity index (χ1n) is 9.43. The first-order chi connectivity index (χ1) is 14.5. The summed E-state index contributed by atoms with van der Waals surface area (Å²) >= 11 is 6.50. The Morgan fingerprint density at radius 1 is 1.40 bits per heavy atom. The molecule has 4 rings (SSSR count). The molecule has 1 amide bonds. The van der Waals surface area contributed by atoms with E-state index >= 15 is 0 Å². The lowest BCUT2D eigenvalue weighted by Crippen LogP contribution is -2.24. The highest BCUT2D eigenvalue weighted by molar-refractivity contribution is 6.38. The molecule has 2 heterocycles. The molecule has 0 radical (unpaired) electrons. The summed E-state index contributed by atoms with van der Waals surface area (Å²) in [6.07, 6.45) is 6.24. The van der Waals surface area contributed by atoms with Gasteiger partial charge in [-0.15, -0.1) is 5.10 Å². The lowest BCUT2D eigenvalue weighted by atomic mass is 9.92. The Morgan fingerprint density at radius 3 is 3.00 bits per heavy atom. The van der Waals surface area contributed by atoms with Gasteiger partial charge in [0.05, 0.1) is 34.9 Å². The van der Waals surface area contributed by atoms with Gasteiger partial charge in [-0.1, -0.05) is 23.8 Å². The number of benzene rings is 1. The maximum Gasteiger partial charge on any atom is 0.225 e. The molecule has 3 aromatic rings. The van der Waals surface area contributed by atoms with E-state index in [0.29, 0.717) is 35.3 Å². The molecule has 1 aliphatic rings. The summed E-state index contributed by atoms with van der Waals surface area (Å²) in [7, 11) is 5.07. The molecule has 3 N–H and O–H groups in total. The molecule has 9 nitrogen and oxygen atoms in total. The van der Waals surface area contributed by atoms with Crippen LogP contribution in [0.5, 0.6) is 0 Å². The van der Waals surface area contributed by atoms with Gasteiger partial charge in [-0.25, -0.2) is 4.68 Å². The van der Waals surface area contributed by atoms with Crippen LogP contribution in [0.4, 0.5) is 11.6 Å². The lowest BCUT2D eigenvalue weighted by molar-refractivity contribution is -0.120. The molecule has 0 aliphatic heterocycles. The maximum absolute atomic E-state index is 11.7. The fourth-order valence-electron chi connectivity index (χ4n) is 3.39. The first-order valence-corrected chi connectivity index (χ1v) is 9.81. The minimum atomic E-state index is -0.194. The van der Waals surface area contributed by atoms with Crippen molar-refractivity contribution in [3.05, 3.63) is 46.9 Å². The number of hydrogen-bond acceptors (Lipinski definition) is 6. The summed E-state index contributed by atoms with van der Waals surface area (Å²) in [5.74, 6) is 1.11. The second-order valence-electron chi connectivity index (χ2n) is 6.98. The van der Waals surface area contributed by atoms with Crippen LogP contribution < -0.4 is 10.6 Å². The fraction of sp³-hybridized carbons (Fsp3) is 0.300. The molecular formula is C20H22ClN7O2. The molecule has 10 heteroatoms. The number of carbonyl (C=O) groups is 1. The normalized spacial score (nSPS) is 16.3. The highest BCUT2D eigenvalue weighted by atomic mass is 35.5. The number of nitrogens with one attached hydrogen (secondary N) is 3. The third kappa shape index (κ3) is 3.81. The third-order valence-electron chi connectivity index (χ3n) is 5.10. The zero-order valence-corrected chi connectivity index (χ0v) is 17.6. The predicted octanol–water partition coefficient (Wildman–Crippen LogP) is 2.95. The number of rotatable bonds is 6. The van der Waals surface area contributed by atoms with Gasteiger partial charge in [-0.3, -0.25) is 9.89 Å². The molecule has 0 fully saturated rings. The van der Waals surface area contributed by atoms with Gasteiger partial charge in [0, 0.05) is 38.6 Å². The number of anilines is 2. The van der Waals surface area contributed by atoms with E-state index in [1.54, 1.807) is 25.0 Å². The van der Waals surface area contributed by atoms with Crippen molar-refractivity contribution in [2.45, 2.75) is 18.9 Å². The second kappa shape index (κ2) is 8.29. The second-order valence-corrected chi connectivity index (χ2v) is 7.36. The van der Waals surface area contributed by atoms with Crippen molar-refractivity contribution >= 4 is 45.6 Å². The number of aromatic nitrogens is 5. The summed E-state index contributed by atoms with van der Waals surface area (Å²) in [6.45, 7) is 0. The van der Waals surface area contributed by atoms with E-state index < -0.39 is 0 Å². The van der Waals surface area contributed by atoms with E-state index in [2.05, 4.69) is 30.9 Å². The summed E-state index contributed by atoms with van der Waals surface area (Å²) < 4.78 is 7.25. The Bertz CT molecular complexity index is 1160. The van der Waals surface area contributed by atoms with Crippen LogP contribution in [0.25, 0.3) is 16.5 Å². The van der Waals surface area contributed by atoms with E-state index in [0.717, 1.165) is 22.0 Å². The first kappa shape index (κ1) is 20.1. The van der Waals surface area contributed by atoms with Gasteiger partial charge in [0.15, 0.2) is 5.82 Å². The van der Waals surface area contributed by atoms with Gasteiger partial charge in [-0.2, -0.15) is 10.1 Å². The number of fused-ring (bicyclic) bond motifs is 1. The number of allylic oxidation sites excluding steroid dienone is 2. The number of H-pyrrole nitrogens is 1. The molecule has 0 saturated carbocycles. The third-order valence-corrected chi connectivity index (χ3v) is 5.51. The Kier molecular flexibility index (Phi) is 5.56. The van der Waals surface area contributed by atoms with Gasteiger partial charge >= 0.3 is 0 Å². The van der Waals surface area contributed by atoms with E-state index in [4.69, 9.17) is 16.3 Å². The number of amides is 1. The van der Waals surface area contributed by atoms with E-state index in [1.165, 1.54) is 0 Å². The Balaban J connectivity index is 1.59. The number of hydrogen-bond donors (Lipinski definition) is 3. The highest BCUT2D eigenvalue weighted by Crippen LogP contribution is 2.33. The van der Waals surface area contributed by atoms with Gasteiger partial charge in [0.2, 0.25) is 11.9 Å². The van der Waals surface area contributed by atoms with Crippen molar-refractivity contribution in [1.82, 2.24) is 30.3 Å². The van der Waals surface area contributed by atoms with Crippen molar-refractivity contribution in [2.24, 2.45) is 7.05 Å². The van der Waals surface area contributed by atoms with Crippen LogP contribution in [0.2, 0.25) is 5.02 Å².